The number of carbonyl (C=O) groups is 1. The van der Waals surface area contributed by atoms with Gasteiger partial charge in [-0.25, -0.2) is 9.18 Å². The molecule has 2 N–H and O–H groups in total. The molecule has 0 saturated carbocycles. The van der Waals surface area contributed by atoms with E-state index >= 15 is 0 Å². The molecule has 2 aromatic heterocycles. The fourth-order valence-electron chi connectivity index (χ4n) is 3.99. The fourth-order valence-corrected chi connectivity index (χ4v) is 3.99. The van der Waals surface area contributed by atoms with Crippen LogP contribution in [0.2, 0.25) is 0 Å². The summed E-state index contributed by atoms with van der Waals surface area (Å²) in [6.45, 7) is 5.09. The third-order valence-electron chi connectivity index (χ3n) is 5.18. The van der Waals surface area contributed by atoms with Crippen LogP contribution in [-0.2, 0) is 16.6 Å². The molecule has 0 spiro atoms. The quantitative estimate of drug-likeness (QED) is 0.686. The van der Waals surface area contributed by atoms with Crippen molar-refractivity contribution in [3.05, 3.63) is 47.8 Å². The summed E-state index contributed by atoms with van der Waals surface area (Å²) in [5, 5.41) is 12.8. The Bertz CT molecular complexity index is 970. The number of ether oxygens (including phenoxy) is 1. The molecule has 0 saturated heterocycles. The summed E-state index contributed by atoms with van der Waals surface area (Å²) in [6.07, 6.45) is 4.21. The normalized spacial score (nSPS) is 20.4. The molecule has 1 amide bonds. The van der Waals surface area contributed by atoms with Gasteiger partial charge in [-0.05, 0) is 50.2 Å². The molecule has 30 heavy (non-hydrogen) atoms. The molecule has 2 aromatic rings. The second kappa shape index (κ2) is 7.61. The van der Waals surface area contributed by atoms with Crippen molar-refractivity contribution in [2.45, 2.75) is 43.6 Å². The molecule has 1 aliphatic rings. The largest absolute Gasteiger partial charge is 0.444 e. The van der Waals surface area contributed by atoms with Crippen LogP contribution < -0.4 is 5.32 Å². The SMILES string of the molecule is BC1(B)Cc2ncc(Nc3ccncc3F)cc2C(B)(CO)N1C(=O)OC(C)(C)C. The number of anilines is 2. The number of amides is 1. The van der Waals surface area contributed by atoms with Crippen LogP contribution in [-0.4, -0.2) is 67.2 Å². The number of fused-ring (bicyclic) bond motifs is 1. The molecular formula is C19H26B3FN4O3. The number of nitrogens with zero attached hydrogens (tertiary/aromatic N) is 3. The maximum absolute atomic E-state index is 14.0. The van der Waals surface area contributed by atoms with E-state index in [1.807, 2.05) is 15.7 Å². The van der Waals surface area contributed by atoms with Crippen LogP contribution in [0, 0.1) is 5.82 Å². The van der Waals surface area contributed by atoms with E-state index in [0.29, 0.717) is 17.7 Å². The third kappa shape index (κ3) is 4.17. The maximum Gasteiger partial charge on any atom is 0.409 e. The predicted octanol–water partition coefficient (Wildman–Crippen LogP) is -0.149. The van der Waals surface area contributed by atoms with E-state index in [-0.39, 0.29) is 12.3 Å². The number of hydrogen-bond acceptors (Lipinski definition) is 6. The van der Waals surface area contributed by atoms with Gasteiger partial charge < -0.3 is 20.1 Å². The molecule has 0 aromatic carbocycles. The highest BCUT2D eigenvalue weighted by Crippen LogP contribution is 2.40. The Morgan fingerprint density at radius 3 is 2.67 bits per heavy atom. The molecule has 3 rings (SSSR count). The van der Waals surface area contributed by atoms with E-state index in [2.05, 4.69) is 15.3 Å². The summed E-state index contributed by atoms with van der Waals surface area (Å²) in [5.74, 6) is -0.489. The fraction of sp³-hybridized carbons (Fsp3) is 0.421. The molecule has 7 nitrogen and oxygen atoms in total. The van der Waals surface area contributed by atoms with Gasteiger partial charge in [-0.2, -0.15) is 0 Å². The molecule has 0 fully saturated rings. The van der Waals surface area contributed by atoms with Crippen molar-refractivity contribution >= 4 is 41.0 Å². The number of aromatic nitrogens is 2. The smallest absolute Gasteiger partial charge is 0.409 e. The molecule has 156 valence electrons. The average molecular weight is 410 g/mol. The van der Waals surface area contributed by atoms with Gasteiger partial charge in [-0.1, -0.05) is 0 Å². The van der Waals surface area contributed by atoms with E-state index in [1.54, 1.807) is 45.8 Å². The Morgan fingerprint density at radius 2 is 2.07 bits per heavy atom. The number of pyridine rings is 2. The highest BCUT2D eigenvalue weighted by atomic mass is 19.1. The maximum atomic E-state index is 14.0. The molecule has 1 aliphatic heterocycles. The lowest BCUT2D eigenvalue weighted by Gasteiger charge is -2.54. The molecule has 1 unspecified atom stereocenters. The van der Waals surface area contributed by atoms with Crippen LogP contribution in [0.4, 0.5) is 20.6 Å². The van der Waals surface area contributed by atoms with E-state index in [4.69, 9.17) is 4.74 Å². The average Bonchev–Trinajstić information content (AvgIpc) is 2.62. The first-order valence-corrected chi connectivity index (χ1v) is 9.87. The minimum Gasteiger partial charge on any atom is -0.444 e. The summed E-state index contributed by atoms with van der Waals surface area (Å²) in [7, 11) is 5.64. The second-order valence-corrected chi connectivity index (χ2v) is 9.44. The Kier molecular flexibility index (Phi) is 5.62. The topological polar surface area (TPSA) is 87.6 Å². The molecule has 0 aliphatic carbocycles. The summed E-state index contributed by atoms with van der Waals surface area (Å²) in [5.41, 5.74) is 0.525. The van der Waals surface area contributed by atoms with Crippen LogP contribution in [0.15, 0.2) is 30.7 Å². The van der Waals surface area contributed by atoms with Gasteiger partial charge in [0.2, 0.25) is 0 Å². The molecular weight excluding hydrogens is 384 g/mol. The van der Waals surface area contributed by atoms with E-state index in [9.17, 15) is 14.3 Å². The van der Waals surface area contributed by atoms with Crippen LogP contribution in [0.5, 0.6) is 0 Å². The van der Waals surface area contributed by atoms with E-state index in [1.165, 1.54) is 12.3 Å². The van der Waals surface area contributed by atoms with Gasteiger partial charge in [0.05, 0.1) is 35.8 Å². The predicted molar refractivity (Wildman–Crippen MR) is 121 cm³/mol. The number of nitrogens with one attached hydrogen (secondary N) is 1. The van der Waals surface area contributed by atoms with Gasteiger partial charge in [0.1, 0.15) is 29.1 Å². The summed E-state index contributed by atoms with van der Waals surface area (Å²) >= 11 is 0. The number of halogens is 1. The van der Waals surface area contributed by atoms with Crippen LogP contribution in [0.25, 0.3) is 0 Å². The lowest BCUT2D eigenvalue weighted by atomic mass is 9.51. The van der Waals surface area contributed by atoms with Crippen molar-refractivity contribution in [3.8, 4) is 0 Å². The monoisotopic (exact) mass is 410 g/mol. The number of aliphatic hydroxyl groups is 1. The van der Waals surface area contributed by atoms with Gasteiger partial charge in [-0.3, -0.25) is 9.97 Å². The van der Waals surface area contributed by atoms with Gasteiger partial charge in [0.25, 0.3) is 0 Å². The zero-order valence-corrected chi connectivity index (χ0v) is 18.3. The first kappa shape index (κ1) is 22.1. The minimum atomic E-state index is -1.07. The van der Waals surface area contributed by atoms with Crippen molar-refractivity contribution in [2.24, 2.45) is 0 Å². The van der Waals surface area contributed by atoms with Crippen molar-refractivity contribution in [1.29, 1.82) is 0 Å². The van der Waals surface area contributed by atoms with Gasteiger partial charge >= 0.3 is 6.09 Å². The van der Waals surface area contributed by atoms with Crippen LogP contribution in [0.1, 0.15) is 32.0 Å². The van der Waals surface area contributed by atoms with Crippen molar-refractivity contribution in [3.63, 3.8) is 0 Å². The molecule has 0 radical (unpaired) electrons. The van der Waals surface area contributed by atoms with Crippen LogP contribution >= 0.6 is 0 Å². The Morgan fingerprint density at radius 1 is 1.37 bits per heavy atom. The summed E-state index contributed by atoms with van der Waals surface area (Å²) in [6, 6.07) is 3.32. The van der Waals surface area contributed by atoms with Gasteiger partial charge in [0, 0.05) is 11.9 Å². The van der Waals surface area contributed by atoms with E-state index < -0.39 is 28.3 Å². The first-order valence-electron chi connectivity index (χ1n) is 9.87. The Balaban J connectivity index is 2.05. The number of carbonyl (C=O) groups excluding carboxylic acids is 1. The molecule has 0 bridgehead atoms. The van der Waals surface area contributed by atoms with Crippen molar-refractivity contribution in [1.82, 2.24) is 14.9 Å². The highest BCUT2D eigenvalue weighted by molar-refractivity contribution is 6.41. The lowest BCUT2D eigenvalue weighted by Crippen LogP contribution is -2.68. The number of rotatable bonds is 3. The van der Waals surface area contributed by atoms with E-state index in [0.717, 1.165) is 11.9 Å². The van der Waals surface area contributed by atoms with Gasteiger partial charge in [0.15, 0.2) is 5.82 Å². The Hall–Kier alpha value is -2.55. The first-order chi connectivity index (χ1) is 13.9. The molecule has 1 atom stereocenters. The minimum absolute atomic E-state index is 0.262. The van der Waals surface area contributed by atoms with Crippen molar-refractivity contribution < 1.29 is 19.0 Å². The standard InChI is InChI=1S/C19H26B3FN4O3/c1-17(2,3)30-16(29)27-18(20,10-28)12-6-11(8-25-15(12)7-19(27,21)22)26-14-4-5-24-9-13(14)23/h4-6,8-9,28H,7,10,20-22H2,1-3H3,(H,24,26). The molecule has 3 heterocycles. The zero-order valence-electron chi connectivity index (χ0n) is 18.3. The number of hydrogen-bond donors (Lipinski definition) is 2. The third-order valence-corrected chi connectivity index (χ3v) is 5.18. The number of aliphatic hydroxyl groups excluding tert-OH is 1. The summed E-state index contributed by atoms with van der Waals surface area (Å²) in [4.78, 5) is 23.0. The summed E-state index contributed by atoms with van der Waals surface area (Å²) < 4.78 is 19.7. The van der Waals surface area contributed by atoms with Crippen molar-refractivity contribution in [2.75, 3.05) is 11.9 Å². The lowest BCUT2D eigenvalue weighted by molar-refractivity contribution is -0.0137. The highest BCUT2D eigenvalue weighted by Gasteiger charge is 2.51. The molecule has 11 heteroatoms. The van der Waals surface area contributed by atoms with Gasteiger partial charge in [-0.15, -0.1) is 0 Å². The van der Waals surface area contributed by atoms with Crippen LogP contribution in [0.3, 0.4) is 0 Å². The zero-order chi connectivity index (χ0) is 22.3. The Labute approximate surface area is 178 Å². The second-order valence-electron chi connectivity index (χ2n) is 9.44.